The fraction of sp³-hybridized carbons (Fsp3) is 0.724. The molecule has 2 aliphatic rings. The molecule has 1 saturated carbocycles. The molecule has 168 valence electrons. The van der Waals surface area contributed by atoms with E-state index in [1.165, 1.54) is 115 Å². The van der Waals surface area contributed by atoms with E-state index in [0.717, 1.165) is 5.75 Å². The zero-order chi connectivity index (χ0) is 21.1. The SMILES string of the molecule is CCCCCCC1(CCC(CC2=CCCCC2)c2ccc(OC)cc2)CCCCC1. The first-order valence-corrected chi connectivity index (χ1v) is 13.1. The normalized spacial score (nSPS) is 19.9. The van der Waals surface area contributed by atoms with Crippen LogP contribution >= 0.6 is 0 Å². The molecule has 0 aromatic heterocycles. The largest absolute Gasteiger partial charge is 0.497 e. The third-order valence-electron chi connectivity index (χ3n) is 7.98. The smallest absolute Gasteiger partial charge is 0.118 e. The van der Waals surface area contributed by atoms with E-state index in [1.54, 1.807) is 12.7 Å². The van der Waals surface area contributed by atoms with E-state index >= 15 is 0 Å². The van der Waals surface area contributed by atoms with E-state index in [2.05, 4.69) is 37.3 Å². The summed E-state index contributed by atoms with van der Waals surface area (Å²) in [5, 5.41) is 0. The molecule has 1 aromatic rings. The molecule has 1 aromatic carbocycles. The standard InChI is InChI=1S/C29H46O/c1-3-4-5-10-20-29(21-11-7-12-22-29)23-19-27(24-25-13-8-6-9-14-25)26-15-17-28(30-2)18-16-26/h13,15-18,27H,3-12,14,19-24H2,1-2H3. The number of hydrogen-bond donors (Lipinski definition) is 0. The van der Waals surface area contributed by atoms with Crippen molar-refractivity contribution in [3.63, 3.8) is 0 Å². The van der Waals surface area contributed by atoms with E-state index in [9.17, 15) is 0 Å². The number of hydrogen-bond acceptors (Lipinski definition) is 1. The molecule has 1 unspecified atom stereocenters. The molecule has 30 heavy (non-hydrogen) atoms. The summed E-state index contributed by atoms with van der Waals surface area (Å²) >= 11 is 0. The first-order chi connectivity index (χ1) is 14.7. The van der Waals surface area contributed by atoms with Gasteiger partial charge in [-0.3, -0.25) is 0 Å². The van der Waals surface area contributed by atoms with Crippen LogP contribution in [0.4, 0.5) is 0 Å². The van der Waals surface area contributed by atoms with Crippen molar-refractivity contribution in [2.75, 3.05) is 7.11 Å². The van der Waals surface area contributed by atoms with E-state index < -0.39 is 0 Å². The molecule has 0 spiro atoms. The molecule has 0 radical (unpaired) electrons. The third-order valence-corrected chi connectivity index (χ3v) is 7.98. The molecule has 1 atom stereocenters. The van der Waals surface area contributed by atoms with Crippen molar-refractivity contribution >= 4 is 0 Å². The highest BCUT2D eigenvalue weighted by molar-refractivity contribution is 5.30. The second-order valence-corrected chi connectivity index (χ2v) is 10.2. The van der Waals surface area contributed by atoms with Crippen LogP contribution in [0.15, 0.2) is 35.9 Å². The first-order valence-electron chi connectivity index (χ1n) is 13.1. The average molecular weight is 411 g/mol. The van der Waals surface area contributed by atoms with Gasteiger partial charge < -0.3 is 4.74 Å². The lowest BCUT2D eigenvalue weighted by Gasteiger charge is -2.39. The minimum Gasteiger partial charge on any atom is -0.497 e. The van der Waals surface area contributed by atoms with Crippen LogP contribution < -0.4 is 4.74 Å². The summed E-state index contributed by atoms with van der Waals surface area (Å²) in [6, 6.07) is 9.00. The molecule has 0 N–H and O–H groups in total. The molecule has 0 aliphatic heterocycles. The fourth-order valence-corrected chi connectivity index (χ4v) is 6.00. The Morgan fingerprint density at radius 2 is 1.70 bits per heavy atom. The van der Waals surface area contributed by atoms with Gasteiger partial charge in [-0.05, 0) is 93.2 Å². The van der Waals surface area contributed by atoms with Crippen molar-refractivity contribution in [2.45, 2.75) is 122 Å². The molecule has 1 nitrogen and oxygen atoms in total. The molecule has 0 heterocycles. The van der Waals surface area contributed by atoms with E-state index in [4.69, 9.17) is 4.74 Å². The van der Waals surface area contributed by atoms with Gasteiger partial charge in [0.05, 0.1) is 7.11 Å². The van der Waals surface area contributed by atoms with Crippen molar-refractivity contribution in [1.82, 2.24) is 0 Å². The van der Waals surface area contributed by atoms with Crippen molar-refractivity contribution in [3.8, 4) is 5.75 Å². The van der Waals surface area contributed by atoms with Gasteiger partial charge in [0, 0.05) is 0 Å². The molecule has 2 aliphatic carbocycles. The van der Waals surface area contributed by atoms with Crippen LogP contribution in [0.1, 0.15) is 128 Å². The molecule has 3 rings (SSSR count). The highest BCUT2D eigenvalue weighted by Gasteiger charge is 2.32. The Balaban J connectivity index is 1.68. The maximum absolute atomic E-state index is 5.42. The summed E-state index contributed by atoms with van der Waals surface area (Å²) in [6.45, 7) is 2.33. The Labute approximate surface area is 186 Å². The third kappa shape index (κ3) is 7.17. The summed E-state index contributed by atoms with van der Waals surface area (Å²) in [7, 11) is 1.77. The minimum atomic E-state index is 0.637. The van der Waals surface area contributed by atoms with Gasteiger partial charge in [0.25, 0.3) is 0 Å². The Morgan fingerprint density at radius 3 is 2.37 bits per heavy atom. The molecular formula is C29H46O. The molecule has 0 amide bonds. The van der Waals surface area contributed by atoms with Crippen LogP contribution in [0.3, 0.4) is 0 Å². The number of rotatable bonds is 12. The van der Waals surface area contributed by atoms with E-state index in [0.29, 0.717) is 11.3 Å². The second kappa shape index (κ2) is 12.6. The van der Waals surface area contributed by atoms with Gasteiger partial charge in [-0.2, -0.15) is 0 Å². The molecule has 0 bridgehead atoms. The number of benzene rings is 1. The molecule has 1 heteroatoms. The van der Waals surface area contributed by atoms with Gasteiger partial charge in [0.1, 0.15) is 5.75 Å². The lowest BCUT2D eigenvalue weighted by Crippen LogP contribution is -2.25. The zero-order valence-corrected chi connectivity index (χ0v) is 19.9. The molecule has 1 fully saturated rings. The molecule has 0 saturated heterocycles. The van der Waals surface area contributed by atoms with Gasteiger partial charge in [0.2, 0.25) is 0 Å². The quantitative estimate of drug-likeness (QED) is 0.246. The second-order valence-electron chi connectivity index (χ2n) is 10.2. The first kappa shape index (κ1) is 23.4. The van der Waals surface area contributed by atoms with Gasteiger partial charge in [-0.1, -0.05) is 75.7 Å². The zero-order valence-electron chi connectivity index (χ0n) is 19.9. The number of unbranched alkanes of at least 4 members (excludes halogenated alkanes) is 3. The predicted octanol–water partition coefficient (Wildman–Crippen LogP) is 9.37. The number of ether oxygens (including phenoxy) is 1. The predicted molar refractivity (Wildman–Crippen MR) is 130 cm³/mol. The Kier molecular flexibility index (Phi) is 9.82. The van der Waals surface area contributed by atoms with Gasteiger partial charge >= 0.3 is 0 Å². The minimum absolute atomic E-state index is 0.637. The number of allylic oxidation sites excluding steroid dienone is 2. The van der Waals surface area contributed by atoms with Crippen molar-refractivity contribution in [2.24, 2.45) is 5.41 Å². The Bertz CT molecular complexity index is 620. The van der Waals surface area contributed by atoms with E-state index in [1.807, 2.05) is 0 Å². The topological polar surface area (TPSA) is 9.23 Å². The average Bonchev–Trinajstić information content (AvgIpc) is 2.81. The van der Waals surface area contributed by atoms with Gasteiger partial charge in [0.15, 0.2) is 0 Å². The summed E-state index contributed by atoms with van der Waals surface area (Å²) in [5.41, 5.74) is 3.89. The van der Waals surface area contributed by atoms with Crippen molar-refractivity contribution < 1.29 is 4.74 Å². The van der Waals surface area contributed by atoms with Gasteiger partial charge in [-0.15, -0.1) is 0 Å². The summed E-state index contributed by atoms with van der Waals surface area (Å²) in [6.07, 6.45) is 26.5. The van der Waals surface area contributed by atoms with Crippen LogP contribution in [0.25, 0.3) is 0 Å². The fourth-order valence-electron chi connectivity index (χ4n) is 6.00. The van der Waals surface area contributed by atoms with E-state index in [-0.39, 0.29) is 0 Å². The molecular weight excluding hydrogens is 364 g/mol. The Morgan fingerprint density at radius 1 is 0.900 bits per heavy atom. The summed E-state index contributed by atoms with van der Waals surface area (Å²) in [4.78, 5) is 0. The van der Waals surface area contributed by atoms with Crippen molar-refractivity contribution in [1.29, 1.82) is 0 Å². The highest BCUT2D eigenvalue weighted by atomic mass is 16.5. The van der Waals surface area contributed by atoms with Crippen LogP contribution in [0.5, 0.6) is 5.75 Å². The Hall–Kier alpha value is -1.24. The summed E-state index contributed by atoms with van der Waals surface area (Å²) in [5.74, 6) is 1.66. The lowest BCUT2D eigenvalue weighted by molar-refractivity contribution is 0.144. The van der Waals surface area contributed by atoms with Gasteiger partial charge in [-0.25, -0.2) is 0 Å². The monoisotopic (exact) mass is 410 g/mol. The maximum Gasteiger partial charge on any atom is 0.118 e. The summed E-state index contributed by atoms with van der Waals surface area (Å²) < 4.78 is 5.42. The lowest BCUT2D eigenvalue weighted by atomic mass is 9.66. The highest BCUT2D eigenvalue weighted by Crippen LogP contribution is 2.47. The van der Waals surface area contributed by atoms with Crippen LogP contribution in [-0.2, 0) is 0 Å². The van der Waals surface area contributed by atoms with Crippen molar-refractivity contribution in [3.05, 3.63) is 41.5 Å². The van der Waals surface area contributed by atoms with Crippen LogP contribution in [0, 0.1) is 5.41 Å². The van der Waals surface area contributed by atoms with Crippen LogP contribution in [0.2, 0.25) is 0 Å². The van der Waals surface area contributed by atoms with Crippen LogP contribution in [-0.4, -0.2) is 7.11 Å². The number of methoxy groups -OCH3 is 1. The maximum atomic E-state index is 5.42.